The predicted octanol–water partition coefficient (Wildman–Crippen LogP) is 3.57. The predicted molar refractivity (Wildman–Crippen MR) is 65.6 cm³/mol. The van der Waals surface area contributed by atoms with Crippen LogP contribution in [0, 0.1) is 0 Å². The molecule has 0 amide bonds. The molecule has 0 aliphatic rings. The maximum Gasteiger partial charge on any atom is 0.336 e. The van der Waals surface area contributed by atoms with Crippen molar-refractivity contribution >= 4 is 22.3 Å². The average Bonchev–Trinajstić information content (AvgIpc) is 2.27. The lowest BCUT2D eigenvalue weighted by Gasteiger charge is -2.09. The Morgan fingerprint density at radius 1 is 1.19 bits per heavy atom. The maximum atomic E-state index is 11.1. The van der Waals surface area contributed by atoms with Gasteiger partial charge in [-0.05, 0) is 34.9 Å². The van der Waals surface area contributed by atoms with Crippen molar-refractivity contribution in [3.63, 3.8) is 0 Å². The number of benzene rings is 2. The van der Waals surface area contributed by atoms with Gasteiger partial charge in [-0.3, -0.25) is 0 Å². The quantitative estimate of drug-likeness (QED) is 0.826. The summed E-state index contributed by atoms with van der Waals surface area (Å²) < 4.78 is 0. The highest BCUT2D eigenvalue weighted by molar-refractivity contribution is 6.03. The summed E-state index contributed by atoms with van der Waals surface area (Å²) in [5, 5.41) is 11.1. The Hall–Kier alpha value is -2.09. The molecule has 16 heavy (non-hydrogen) atoms. The van der Waals surface area contributed by atoms with Crippen LogP contribution in [-0.2, 0) is 0 Å². The first-order chi connectivity index (χ1) is 7.61. The van der Waals surface area contributed by atoms with E-state index in [1.165, 1.54) is 0 Å². The molecule has 0 spiro atoms. The molecule has 2 heteroatoms. The highest BCUT2D eigenvalue weighted by Crippen LogP contribution is 2.27. The zero-order valence-electron chi connectivity index (χ0n) is 9.03. The second-order valence-corrected chi connectivity index (χ2v) is 3.79. The normalized spacial score (nSPS) is 10.3. The van der Waals surface area contributed by atoms with Crippen molar-refractivity contribution in [1.29, 1.82) is 0 Å². The van der Waals surface area contributed by atoms with Crippen LogP contribution in [-0.4, -0.2) is 11.1 Å². The molecule has 0 unspecified atom stereocenters. The Kier molecular flexibility index (Phi) is 2.49. The number of hydrogen-bond acceptors (Lipinski definition) is 1. The number of carbonyl (C=O) groups is 1. The number of carboxylic acid groups (broad SMARTS) is 1. The van der Waals surface area contributed by atoms with E-state index in [0.717, 1.165) is 21.9 Å². The highest BCUT2D eigenvalue weighted by Gasteiger charge is 2.13. The fraction of sp³-hybridized carbons (Fsp3) is 0.0714. The molecule has 0 atom stereocenters. The zero-order valence-corrected chi connectivity index (χ0v) is 9.03. The zero-order chi connectivity index (χ0) is 11.7. The first-order valence-corrected chi connectivity index (χ1v) is 5.02. The fourth-order valence-corrected chi connectivity index (χ4v) is 1.91. The van der Waals surface area contributed by atoms with E-state index in [2.05, 4.69) is 6.58 Å². The Morgan fingerprint density at radius 2 is 1.88 bits per heavy atom. The lowest BCUT2D eigenvalue weighted by molar-refractivity contribution is 0.0696. The molecule has 0 heterocycles. The molecular weight excluding hydrogens is 200 g/mol. The number of carboxylic acids is 1. The Labute approximate surface area is 93.8 Å². The van der Waals surface area contributed by atoms with Crippen LogP contribution in [0.4, 0.5) is 0 Å². The third-order valence-corrected chi connectivity index (χ3v) is 2.59. The minimum Gasteiger partial charge on any atom is -0.478 e. The standard InChI is InChI=1S/C14H12O2/c1-9(2)13-11-6-4-3-5-10(11)7-8-12(13)14(15)16/h3-8H,1H2,2H3,(H,15,16). The van der Waals surface area contributed by atoms with Crippen molar-refractivity contribution in [2.45, 2.75) is 6.92 Å². The largest absolute Gasteiger partial charge is 0.478 e. The van der Waals surface area contributed by atoms with Crippen LogP contribution < -0.4 is 0 Å². The Balaban J connectivity index is 2.90. The maximum absolute atomic E-state index is 11.1. The van der Waals surface area contributed by atoms with Crippen LogP contribution in [0.5, 0.6) is 0 Å². The molecule has 0 saturated heterocycles. The van der Waals surface area contributed by atoms with Gasteiger partial charge in [-0.15, -0.1) is 0 Å². The molecule has 2 nitrogen and oxygen atoms in total. The smallest absolute Gasteiger partial charge is 0.336 e. The van der Waals surface area contributed by atoms with Crippen LogP contribution in [0.2, 0.25) is 0 Å². The molecule has 0 aliphatic carbocycles. The molecular formula is C14H12O2. The summed E-state index contributed by atoms with van der Waals surface area (Å²) in [6, 6.07) is 11.2. The van der Waals surface area contributed by atoms with Crippen molar-refractivity contribution in [1.82, 2.24) is 0 Å². The first kappa shape index (κ1) is 10.4. The molecule has 1 N–H and O–H groups in total. The van der Waals surface area contributed by atoms with E-state index < -0.39 is 5.97 Å². The second kappa shape index (κ2) is 3.81. The van der Waals surface area contributed by atoms with Gasteiger partial charge in [0, 0.05) is 0 Å². The Morgan fingerprint density at radius 3 is 2.50 bits per heavy atom. The minimum atomic E-state index is -0.913. The molecule has 0 fully saturated rings. The lowest BCUT2D eigenvalue weighted by atomic mass is 9.95. The molecule has 80 valence electrons. The van der Waals surface area contributed by atoms with Crippen LogP contribution >= 0.6 is 0 Å². The van der Waals surface area contributed by atoms with Crippen molar-refractivity contribution in [3.8, 4) is 0 Å². The molecule has 0 bridgehead atoms. The van der Waals surface area contributed by atoms with Gasteiger partial charge in [0.2, 0.25) is 0 Å². The molecule has 2 aromatic rings. The fourth-order valence-electron chi connectivity index (χ4n) is 1.91. The van der Waals surface area contributed by atoms with Crippen LogP contribution in [0.25, 0.3) is 16.3 Å². The van der Waals surface area contributed by atoms with Crippen molar-refractivity contribution in [2.75, 3.05) is 0 Å². The summed E-state index contributed by atoms with van der Waals surface area (Å²) in [5.74, 6) is -0.913. The molecule has 0 radical (unpaired) electrons. The van der Waals surface area contributed by atoms with Gasteiger partial charge in [0.25, 0.3) is 0 Å². The summed E-state index contributed by atoms with van der Waals surface area (Å²) in [6.07, 6.45) is 0. The van der Waals surface area contributed by atoms with E-state index in [-0.39, 0.29) is 0 Å². The van der Waals surface area contributed by atoms with Gasteiger partial charge >= 0.3 is 5.97 Å². The van der Waals surface area contributed by atoms with E-state index in [1.54, 1.807) is 6.07 Å². The van der Waals surface area contributed by atoms with Gasteiger partial charge in [-0.25, -0.2) is 4.79 Å². The highest BCUT2D eigenvalue weighted by atomic mass is 16.4. The summed E-state index contributed by atoms with van der Waals surface area (Å²) >= 11 is 0. The number of aromatic carboxylic acids is 1. The number of hydrogen-bond donors (Lipinski definition) is 1. The van der Waals surface area contributed by atoms with Crippen LogP contribution in [0.1, 0.15) is 22.8 Å². The topological polar surface area (TPSA) is 37.3 Å². The Bertz CT molecular complexity index is 582. The number of fused-ring (bicyclic) bond motifs is 1. The van der Waals surface area contributed by atoms with Gasteiger partial charge in [0.1, 0.15) is 0 Å². The van der Waals surface area contributed by atoms with Crippen molar-refractivity contribution in [3.05, 3.63) is 54.1 Å². The summed E-state index contributed by atoms with van der Waals surface area (Å²) in [7, 11) is 0. The number of allylic oxidation sites excluding steroid dienone is 1. The summed E-state index contributed by atoms with van der Waals surface area (Å²) in [5.41, 5.74) is 1.81. The van der Waals surface area contributed by atoms with E-state index in [1.807, 2.05) is 37.3 Å². The third kappa shape index (κ3) is 1.58. The monoisotopic (exact) mass is 212 g/mol. The molecule has 0 saturated carbocycles. The van der Waals surface area contributed by atoms with Gasteiger partial charge < -0.3 is 5.11 Å². The van der Waals surface area contributed by atoms with Gasteiger partial charge in [0.15, 0.2) is 0 Å². The second-order valence-electron chi connectivity index (χ2n) is 3.79. The SMILES string of the molecule is C=C(C)c1c(C(=O)O)ccc2ccccc12. The van der Waals surface area contributed by atoms with Crippen LogP contribution in [0.3, 0.4) is 0 Å². The lowest BCUT2D eigenvalue weighted by Crippen LogP contribution is -2.01. The van der Waals surface area contributed by atoms with E-state index in [4.69, 9.17) is 5.11 Å². The molecule has 2 rings (SSSR count). The van der Waals surface area contributed by atoms with Crippen molar-refractivity contribution < 1.29 is 9.90 Å². The molecule has 0 aromatic heterocycles. The average molecular weight is 212 g/mol. The molecule has 2 aromatic carbocycles. The summed E-state index contributed by atoms with van der Waals surface area (Å²) in [6.45, 7) is 5.68. The van der Waals surface area contributed by atoms with Gasteiger partial charge in [-0.2, -0.15) is 0 Å². The third-order valence-electron chi connectivity index (χ3n) is 2.59. The van der Waals surface area contributed by atoms with E-state index >= 15 is 0 Å². The van der Waals surface area contributed by atoms with E-state index in [0.29, 0.717) is 5.56 Å². The minimum absolute atomic E-state index is 0.311. The molecule has 0 aliphatic heterocycles. The number of rotatable bonds is 2. The van der Waals surface area contributed by atoms with E-state index in [9.17, 15) is 4.79 Å². The van der Waals surface area contributed by atoms with Crippen molar-refractivity contribution in [2.24, 2.45) is 0 Å². The summed E-state index contributed by atoms with van der Waals surface area (Å²) in [4.78, 5) is 11.1. The first-order valence-electron chi connectivity index (χ1n) is 5.02. The van der Waals surface area contributed by atoms with Gasteiger partial charge in [0.05, 0.1) is 5.56 Å². The van der Waals surface area contributed by atoms with Crippen LogP contribution in [0.15, 0.2) is 43.0 Å². The van der Waals surface area contributed by atoms with Gasteiger partial charge in [-0.1, -0.05) is 36.9 Å².